The third kappa shape index (κ3) is 5.38. The Labute approximate surface area is 123 Å². The Morgan fingerprint density at radius 2 is 2.20 bits per heavy atom. The van der Waals surface area contributed by atoms with Crippen LogP contribution in [-0.2, 0) is 12.3 Å². The van der Waals surface area contributed by atoms with E-state index in [9.17, 15) is 14.3 Å². The van der Waals surface area contributed by atoms with Crippen LogP contribution in [0.15, 0.2) is 18.2 Å². The fraction of sp³-hybridized carbons (Fsp3) is 0.500. The molecule has 2 N–H and O–H groups in total. The van der Waals surface area contributed by atoms with Gasteiger partial charge in [-0.1, -0.05) is 6.07 Å². The summed E-state index contributed by atoms with van der Waals surface area (Å²) in [7, 11) is 1.62. The maximum Gasteiger partial charge on any atom is 0.317 e. The molecule has 1 aromatic carbocycles. The SMILES string of the molecule is CSCc1cc(F)ccc1CNC(=O)N(C)CC(C)O. The summed E-state index contributed by atoms with van der Waals surface area (Å²) in [6.45, 7) is 2.24. The van der Waals surface area contributed by atoms with Gasteiger partial charge in [0, 0.05) is 25.9 Å². The summed E-state index contributed by atoms with van der Waals surface area (Å²) in [5.74, 6) is 0.433. The van der Waals surface area contributed by atoms with Gasteiger partial charge in [-0.25, -0.2) is 9.18 Å². The lowest BCUT2D eigenvalue weighted by atomic mass is 10.1. The molecule has 0 saturated carbocycles. The number of rotatable bonds is 6. The summed E-state index contributed by atoms with van der Waals surface area (Å²) in [5.41, 5.74) is 1.79. The molecule has 0 heterocycles. The standard InChI is InChI=1S/C14H21FN2O2S/c1-10(18)8-17(2)14(19)16-7-11-4-5-13(15)6-12(11)9-20-3/h4-6,10,18H,7-9H2,1-3H3,(H,16,19). The highest BCUT2D eigenvalue weighted by molar-refractivity contribution is 7.97. The fourth-order valence-corrected chi connectivity index (χ4v) is 2.42. The highest BCUT2D eigenvalue weighted by atomic mass is 32.2. The van der Waals surface area contributed by atoms with Gasteiger partial charge in [0.05, 0.1) is 6.10 Å². The van der Waals surface area contributed by atoms with Crippen molar-refractivity contribution in [3.8, 4) is 0 Å². The summed E-state index contributed by atoms with van der Waals surface area (Å²) in [5, 5.41) is 12.0. The average molecular weight is 300 g/mol. The average Bonchev–Trinajstić information content (AvgIpc) is 2.37. The lowest BCUT2D eigenvalue weighted by Gasteiger charge is -2.20. The first-order valence-electron chi connectivity index (χ1n) is 6.37. The van der Waals surface area contributed by atoms with Crippen molar-refractivity contribution in [1.82, 2.24) is 10.2 Å². The summed E-state index contributed by atoms with van der Waals surface area (Å²) in [4.78, 5) is 13.2. The van der Waals surface area contributed by atoms with Crippen molar-refractivity contribution < 1.29 is 14.3 Å². The van der Waals surface area contributed by atoms with Gasteiger partial charge >= 0.3 is 6.03 Å². The highest BCUT2D eigenvalue weighted by Crippen LogP contribution is 2.16. The molecule has 1 rings (SSSR count). The van der Waals surface area contributed by atoms with Crippen molar-refractivity contribution in [2.45, 2.75) is 25.3 Å². The predicted octanol–water partition coefficient (Wildman–Crippen LogP) is 2.21. The summed E-state index contributed by atoms with van der Waals surface area (Å²) >= 11 is 1.60. The monoisotopic (exact) mass is 300 g/mol. The first-order valence-corrected chi connectivity index (χ1v) is 7.76. The Balaban J connectivity index is 2.63. The van der Waals surface area contributed by atoms with Gasteiger partial charge in [0.25, 0.3) is 0 Å². The van der Waals surface area contributed by atoms with Crippen molar-refractivity contribution in [2.75, 3.05) is 19.8 Å². The number of nitrogens with one attached hydrogen (secondary N) is 1. The number of likely N-dealkylation sites (N-methyl/N-ethyl adjacent to an activating group) is 1. The molecule has 0 aliphatic rings. The number of halogens is 1. The molecule has 0 fully saturated rings. The van der Waals surface area contributed by atoms with Gasteiger partial charge in [-0.15, -0.1) is 0 Å². The lowest BCUT2D eigenvalue weighted by Crippen LogP contribution is -2.40. The first kappa shape index (κ1) is 16.8. The van der Waals surface area contributed by atoms with Crippen molar-refractivity contribution in [3.63, 3.8) is 0 Å². The minimum atomic E-state index is -0.566. The van der Waals surface area contributed by atoms with Crippen molar-refractivity contribution >= 4 is 17.8 Å². The Bertz CT molecular complexity index is 455. The van der Waals surface area contributed by atoms with Gasteiger partial charge in [0.15, 0.2) is 0 Å². The van der Waals surface area contributed by atoms with E-state index >= 15 is 0 Å². The number of thioether (sulfide) groups is 1. The molecule has 0 aliphatic carbocycles. The molecule has 0 bridgehead atoms. The number of amides is 2. The molecular weight excluding hydrogens is 279 g/mol. The van der Waals surface area contributed by atoms with Crippen LogP contribution in [0.25, 0.3) is 0 Å². The lowest BCUT2D eigenvalue weighted by molar-refractivity contribution is 0.143. The number of aliphatic hydroxyl groups is 1. The number of nitrogens with zero attached hydrogens (tertiary/aromatic N) is 1. The van der Waals surface area contributed by atoms with Gasteiger partial charge in [0.1, 0.15) is 5.82 Å². The Hall–Kier alpha value is -1.27. The number of carbonyl (C=O) groups is 1. The molecule has 1 aromatic rings. The number of carbonyl (C=O) groups excluding carboxylic acids is 1. The highest BCUT2D eigenvalue weighted by Gasteiger charge is 2.11. The number of aliphatic hydroxyl groups excluding tert-OH is 1. The van der Waals surface area contributed by atoms with Crippen LogP contribution >= 0.6 is 11.8 Å². The number of hydrogen-bond acceptors (Lipinski definition) is 3. The fourth-order valence-electron chi connectivity index (χ4n) is 1.84. The molecule has 1 unspecified atom stereocenters. The van der Waals surface area contributed by atoms with Gasteiger partial charge < -0.3 is 15.3 Å². The summed E-state index contributed by atoms with van der Waals surface area (Å²) < 4.78 is 13.2. The molecule has 0 aromatic heterocycles. The van der Waals surface area contributed by atoms with E-state index in [4.69, 9.17) is 0 Å². The van der Waals surface area contributed by atoms with Crippen molar-refractivity contribution in [2.24, 2.45) is 0 Å². The molecule has 0 radical (unpaired) electrons. The largest absolute Gasteiger partial charge is 0.392 e. The van der Waals surface area contributed by atoms with E-state index in [1.165, 1.54) is 17.0 Å². The molecule has 6 heteroatoms. The third-order valence-electron chi connectivity index (χ3n) is 2.78. The minimum Gasteiger partial charge on any atom is -0.392 e. The molecule has 20 heavy (non-hydrogen) atoms. The van der Waals surface area contributed by atoms with Crippen LogP contribution in [0.3, 0.4) is 0 Å². The second-order valence-electron chi connectivity index (χ2n) is 4.73. The van der Waals surface area contributed by atoms with E-state index in [1.807, 2.05) is 6.26 Å². The topological polar surface area (TPSA) is 52.6 Å². The van der Waals surface area contributed by atoms with Crippen LogP contribution in [0, 0.1) is 5.82 Å². The van der Waals surface area contributed by atoms with Crippen LogP contribution in [0.1, 0.15) is 18.1 Å². The molecule has 4 nitrogen and oxygen atoms in total. The zero-order valence-electron chi connectivity index (χ0n) is 12.0. The number of benzene rings is 1. The van der Waals surface area contributed by atoms with Gasteiger partial charge in [0.2, 0.25) is 0 Å². The van der Waals surface area contributed by atoms with Crippen LogP contribution < -0.4 is 5.32 Å². The number of urea groups is 1. The third-order valence-corrected chi connectivity index (χ3v) is 3.38. The van der Waals surface area contributed by atoms with E-state index in [1.54, 1.807) is 31.8 Å². The summed E-state index contributed by atoms with van der Waals surface area (Å²) in [6.07, 6.45) is 1.38. The van der Waals surface area contributed by atoms with Crippen molar-refractivity contribution in [3.05, 3.63) is 35.1 Å². The van der Waals surface area contributed by atoms with Crippen LogP contribution in [-0.4, -0.2) is 42.0 Å². The van der Waals surface area contributed by atoms with Crippen LogP contribution in [0.2, 0.25) is 0 Å². The molecule has 2 amide bonds. The smallest absolute Gasteiger partial charge is 0.317 e. The number of hydrogen-bond donors (Lipinski definition) is 2. The maximum atomic E-state index is 13.2. The zero-order chi connectivity index (χ0) is 15.1. The maximum absolute atomic E-state index is 13.2. The summed E-state index contributed by atoms with van der Waals surface area (Å²) in [6, 6.07) is 4.32. The minimum absolute atomic E-state index is 0.259. The van der Waals surface area contributed by atoms with E-state index in [-0.39, 0.29) is 18.4 Å². The Kier molecular flexibility index (Phi) is 6.81. The zero-order valence-corrected chi connectivity index (χ0v) is 12.8. The molecule has 112 valence electrons. The quantitative estimate of drug-likeness (QED) is 0.847. The molecule has 0 aliphatic heterocycles. The predicted molar refractivity (Wildman–Crippen MR) is 80.2 cm³/mol. The van der Waals surface area contributed by atoms with E-state index in [0.717, 1.165) is 11.1 Å². The first-order chi connectivity index (χ1) is 9.43. The van der Waals surface area contributed by atoms with E-state index < -0.39 is 6.10 Å². The molecule has 0 spiro atoms. The second-order valence-corrected chi connectivity index (χ2v) is 5.60. The molecular formula is C14H21FN2O2S. The normalized spacial score (nSPS) is 12.1. The Morgan fingerprint density at radius 1 is 1.50 bits per heavy atom. The van der Waals surface area contributed by atoms with Gasteiger partial charge in [-0.2, -0.15) is 11.8 Å². The second kappa shape index (κ2) is 8.11. The van der Waals surface area contributed by atoms with Gasteiger partial charge in [-0.3, -0.25) is 0 Å². The van der Waals surface area contributed by atoms with E-state index in [2.05, 4.69) is 5.32 Å². The van der Waals surface area contributed by atoms with Crippen molar-refractivity contribution in [1.29, 1.82) is 0 Å². The van der Waals surface area contributed by atoms with Crippen LogP contribution in [0.4, 0.5) is 9.18 Å². The van der Waals surface area contributed by atoms with Gasteiger partial charge in [-0.05, 0) is 36.4 Å². The Morgan fingerprint density at radius 3 is 2.80 bits per heavy atom. The van der Waals surface area contributed by atoms with Crippen LogP contribution in [0.5, 0.6) is 0 Å². The molecule has 0 saturated heterocycles. The molecule has 1 atom stereocenters. The van der Waals surface area contributed by atoms with E-state index in [0.29, 0.717) is 12.3 Å².